The van der Waals surface area contributed by atoms with E-state index in [2.05, 4.69) is 15.6 Å². The lowest BCUT2D eigenvalue weighted by molar-refractivity contribution is -0.137. The van der Waals surface area contributed by atoms with Gasteiger partial charge in [0.05, 0.1) is 10.6 Å². The highest BCUT2D eigenvalue weighted by atomic mass is 35.5. The van der Waals surface area contributed by atoms with E-state index >= 15 is 0 Å². The fourth-order valence-electron chi connectivity index (χ4n) is 2.63. The van der Waals surface area contributed by atoms with Gasteiger partial charge in [0.15, 0.2) is 0 Å². The minimum Gasteiger partial charge on any atom is -0.334 e. The van der Waals surface area contributed by atoms with Gasteiger partial charge in [0, 0.05) is 24.0 Å². The van der Waals surface area contributed by atoms with Crippen molar-refractivity contribution >= 4 is 23.3 Å². The van der Waals surface area contributed by atoms with Gasteiger partial charge < -0.3 is 10.6 Å². The molecule has 0 saturated heterocycles. The van der Waals surface area contributed by atoms with E-state index < -0.39 is 28.7 Å². The highest BCUT2D eigenvalue weighted by Crippen LogP contribution is 2.36. The second kappa shape index (κ2) is 8.48. The minimum absolute atomic E-state index is 0.0505. The number of carbonyl (C=O) groups is 1. The van der Waals surface area contributed by atoms with Crippen molar-refractivity contribution in [2.24, 2.45) is 0 Å². The van der Waals surface area contributed by atoms with Gasteiger partial charge >= 0.3 is 12.2 Å². The molecular weight excluding hydrogens is 410 g/mol. The van der Waals surface area contributed by atoms with E-state index in [0.29, 0.717) is 16.7 Å². The molecular formula is C20H14ClF4N3O. The lowest BCUT2D eigenvalue weighted by atomic mass is 10.0. The molecule has 0 saturated carbocycles. The molecule has 2 amide bonds. The third-order valence-electron chi connectivity index (χ3n) is 3.98. The summed E-state index contributed by atoms with van der Waals surface area (Å²) in [6, 6.07) is 12.4. The number of aromatic nitrogens is 1. The van der Waals surface area contributed by atoms with Crippen LogP contribution in [0.4, 0.5) is 28.0 Å². The molecule has 0 spiro atoms. The Morgan fingerprint density at radius 2 is 1.86 bits per heavy atom. The van der Waals surface area contributed by atoms with Crippen molar-refractivity contribution in [2.75, 3.05) is 5.32 Å². The van der Waals surface area contributed by atoms with Gasteiger partial charge in [-0.3, -0.25) is 0 Å². The number of urea groups is 1. The Kier molecular flexibility index (Phi) is 6.03. The highest BCUT2D eigenvalue weighted by Gasteiger charge is 2.33. The number of carbonyl (C=O) groups excluding carboxylic acids is 1. The van der Waals surface area contributed by atoms with Crippen molar-refractivity contribution in [2.45, 2.75) is 12.7 Å². The summed E-state index contributed by atoms with van der Waals surface area (Å²) in [5.74, 6) is -0.612. The smallest absolute Gasteiger partial charge is 0.334 e. The number of alkyl halides is 3. The zero-order chi connectivity index (χ0) is 21.0. The fourth-order valence-corrected chi connectivity index (χ4v) is 2.85. The number of amides is 2. The van der Waals surface area contributed by atoms with Crippen molar-refractivity contribution in [1.82, 2.24) is 10.3 Å². The van der Waals surface area contributed by atoms with E-state index in [1.54, 1.807) is 36.4 Å². The number of hydrogen-bond donors (Lipinski definition) is 2. The van der Waals surface area contributed by atoms with Crippen molar-refractivity contribution in [1.29, 1.82) is 0 Å². The molecule has 0 aliphatic rings. The van der Waals surface area contributed by atoms with Crippen LogP contribution in [0, 0.1) is 5.95 Å². The molecule has 2 aromatic carbocycles. The minimum atomic E-state index is -4.63. The second-order valence-corrected chi connectivity index (χ2v) is 6.45. The molecule has 0 aliphatic heterocycles. The van der Waals surface area contributed by atoms with Crippen LogP contribution in [0.3, 0.4) is 0 Å². The normalized spacial score (nSPS) is 11.2. The lowest BCUT2D eigenvalue weighted by Gasteiger charge is -2.12. The predicted octanol–water partition coefficient (Wildman–Crippen LogP) is 5.88. The SMILES string of the molecule is O=C(NCc1cccc(-c2cccnc2F)c1)Nc1ccc(Cl)c(C(F)(F)F)c1. The number of rotatable bonds is 4. The molecule has 1 aromatic heterocycles. The number of hydrogen-bond acceptors (Lipinski definition) is 2. The maximum absolute atomic E-state index is 13.8. The van der Waals surface area contributed by atoms with E-state index in [0.717, 1.165) is 12.1 Å². The zero-order valence-corrected chi connectivity index (χ0v) is 15.5. The third kappa shape index (κ3) is 5.23. The largest absolute Gasteiger partial charge is 0.417 e. The molecule has 2 N–H and O–H groups in total. The number of anilines is 1. The lowest BCUT2D eigenvalue weighted by Crippen LogP contribution is -2.28. The summed E-state index contributed by atoms with van der Waals surface area (Å²) < 4.78 is 52.5. The van der Waals surface area contributed by atoms with Crippen LogP contribution in [0.1, 0.15) is 11.1 Å². The third-order valence-corrected chi connectivity index (χ3v) is 4.31. The second-order valence-electron chi connectivity index (χ2n) is 6.04. The fraction of sp³-hybridized carbons (Fsp3) is 0.100. The maximum Gasteiger partial charge on any atom is 0.417 e. The van der Waals surface area contributed by atoms with Gasteiger partial charge in [0.2, 0.25) is 5.95 Å². The Balaban J connectivity index is 1.66. The molecule has 9 heteroatoms. The van der Waals surface area contributed by atoms with Crippen LogP contribution in [0.15, 0.2) is 60.8 Å². The molecule has 3 rings (SSSR count). The quantitative estimate of drug-likeness (QED) is 0.406. The Morgan fingerprint density at radius 3 is 2.59 bits per heavy atom. The van der Waals surface area contributed by atoms with Crippen molar-refractivity contribution in [3.8, 4) is 11.1 Å². The Hall–Kier alpha value is -3.13. The summed E-state index contributed by atoms with van der Waals surface area (Å²) in [5.41, 5.74) is 0.490. The average molecular weight is 424 g/mol. The topological polar surface area (TPSA) is 54.0 Å². The summed E-state index contributed by atoms with van der Waals surface area (Å²) >= 11 is 5.56. The predicted molar refractivity (Wildman–Crippen MR) is 102 cm³/mol. The summed E-state index contributed by atoms with van der Waals surface area (Å²) in [6.45, 7) is 0.0846. The van der Waals surface area contributed by atoms with Crippen LogP contribution >= 0.6 is 11.6 Å². The molecule has 150 valence electrons. The monoisotopic (exact) mass is 423 g/mol. The van der Waals surface area contributed by atoms with Gasteiger partial charge in [-0.15, -0.1) is 0 Å². The van der Waals surface area contributed by atoms with E-state index in [1.165, 1.54) is 12.3 Å². The van der Waals surface area contributed by atoms with E-state index in [9.17, 15) is 22.4 Å². The van der Waals surface area contributed by atoms with Gasteiger partial charge in [-0.2, -0.15) is 17.6 Å². The van der Waals surface area contributed by atoms with Gasteiger partial charge in [0.1, 0.15) is 0 Å². The highest BCUT2D eigenvalue weighted by molar-refractivity contribution is 6.31. The van der Waals surface area contributed by atoms with E-state index in [-0.39, 0.29) is 12.2 Å². The summed E-state index contributed by atoms with van der Waals surface area (Å²) in [5, 5.41) is 4.41. The molecule has 4 nitrogen and oxygen atoms in total. The van der Waals surface area contributed by atoms with Crippen LogP contribution in [0.2, 0.25) is 5.02 Å². The summed E-state index contributed by atoms with van der Waals surface area (Å²) in [7, 11) is 0. The Bertz CT molecular complexity index is 1040. The standard InChI is InChI=1S/C20H14ClF4N3O/c21-17-7-6-14(10-16(17)20(23,24)25)28-19(29)27-11-12-3-1-4-13(9-12)15-5-2-8-26-18(15)22/h1-10H,11H2,(H2,27,28,29). The molecule has 0 radical (unpaired) electrons. The molecule has 1 heterocycles. The van der Waals surface area contributed by atoms with Gasteiger partial charge in [-0.1, -0.05) is 29.8 Å². The van der Waals surface area contributed by atoms with Crippen LogP contribution in [0.5, 0.6) is 0 Å². The van der Waals surface area contributed by atoms with E-state index in [1.807, 2.05) is 0 Å². The number of pyridine rings is 1. The van der Waals surface area contributed by atoms with Crippen LogP contribution in [-0.2, 0) is 12.7 Å². The van der Waals surface area contributed by atoms with Gasteiger partial charge in [0.25, 0.3) is 0 Å². The van der Waals surface area contributed by atoms with Crippen LogP contribution < -0.4 is 10.6 Å². The van der Waals surface area contributed by atoms with Crippen molar-refractivity contribution in [3.05, 3.63) is 82.9 Å². The summed E-state index contributed by atoms with van der Waals surface area (Å²) in [6.07, 6.45) is -3.29. The Morgan fingerprint density at radius 1 is 1.07 bits per heavy atom. The number of halogens is 5. The van der Waals surface area contributed by atoms with E-state index in [4.69, 9.17) is 11.6 Å². The molecule has 0 fully saturated rings. The number of nitrogens with zero attached hydrogens (tertiary/aromatic N) is 1. The van der Waals surface area contributed by atoms with Gasteiger partial charge in [-0.05, 0) is 47.5 Å². The summed E-state index contributed by atoms with van der Waals surface area (Å²) in [4.78, 5) is 15.6. The first-order valence-corrected chi connectivity index (χ1v) is 8.73. The molecule has 0 atom stereocenters. The zero-order valence-electron chi connectivity index (χ0n) is 14.7. The average Bonchev–Trinajstić information content (AvgIpc) is 2.67. The first-order valence-electron chi connectivity index (χ1n) is 8.35. The van der Waals surface area contributed by atoms with Crippen molar-refractivity contribution < 1.29 is 22.4 Å². The molecule has 0 bridgehead atoms. The van der Waals surface area contributed by atoms with Gasteiger partial charge in [-0.25, -0.2) is 9.78 Å². The Labute approximate surface area is 168 Å². The number of benzene rings is 2. The number of nitrogens with one attached hydrogen (secondary N) is 2. The first-order chi connectivity index (χ1) is 13.7. The van der Waals surface area contributed by atoms with Crippen molar-refractivity contribution in [3.63, 3.8) is 0 Å². The van der Waals surface area contributed by atoms with Crippen LogP contribution in [0.25, 0.3) is 11.1 Å². The van der Waals surface area contributed by atoms with Crippen LogP contribution in [-0.4, -0.2) is 11.0 Å². The molecule has 0 unspecified atom stereocenters. The molecule has 3 aromatic rings. The maximum atomic E-state index is 13.8. The first kappa shape index (κ1) is 20.6. The molecule has 29 heavy (non-hydrogen) atoms. The molecule has 0 aliphatic carbocycles.